The Hall–Kier alpha value is -4.24. The zero-order valence-electron chi connectivity index (χ0n) is 20.4. The average molecular weight is 469 g/mol. The van der Waals surface area contributed by atoms with E-state index in [1.54, 1.807) is 24.9 Å². The largest absolute Gasteiger partial charge is 0.497 e. The predicted molar refractivity (Wildman–Crippen MR) is 139 cm³/mol. The van der Waals surface area contributed by atoms with Gasteiger partial charge in [-0.25, -0.2) is 4.79 Å². The van der Waals surface area contributed by atoms with E-state index in [4.69, 9.17) is 20.6 Å². The number of aromatic nitrogens is 2. The van der Waals surface area contributed by atoms with Crippen LogP contribution in [0.2, 0.25) is 0 Å². The fourth-order valence-corrected chi connectivity index (χ4v) is 4.01. The maximum atomic E-state index is 13.3. The van der Waals surface area contributed by atoms with E-state index in [9.17, 15) is 4.79 Å². The molecule has 0 bridgehead atoms. The Kier molecular flexibility index (Phi) is 7.07. The highest BCUT2D eigenvalue weighted by Crippen LogP contribution is 2.31. The van der Waals surface area contributed by atoms with Gasteiger partial charge in [-0.05, 0) is 47.4 Å². The van der Waals surface area contributed by atoms with Gasteiger partial charge in [0.25, 0.3) is 0 Å². The lowest BCUT2D eigenvalue weighted by Gasteiger charge is -2.16. The molecule has 4 rings (SSSR count). The first-order chi connectivity index (χ1) is 16.9. The average Bonchev–Trinajstić information content (AvgIpc) is 2.88. The quantitative estimate of drug-likeness (QED) is 0.330. The fourth-order valence-electron chi connectivity index (χ4n) is 4.01. The summed E-state index contributed by atoms with van der Waals surface area (Å²) in [7, 11) is 3.19. The summed E-state index contributed by atoms with van der Waals surface area (Å²) >= 11 is 0. The van der Waals surface area contributed by atoms with Gasteiger partial charge < -0.3 is 14.2 Å². The van der Waals surface area contributed by atoms with Crippen molar-refractivity contribution in [2.45, 2.75) is 26.3 Å². The molecule has 4 aromatic rings. The molecular formula is C29H28N2O4. The van der Waals surface area contributed by atoms with E-state index in [-0.39, 0.29) is 12.3 Å². The van der Waals surface area contributed by atoms with Gasteiger partial charge in [-0.2, -0.15) is 4.98 Å². The Bertz CT molecular complexity index is 1420. The van der Waals surface area contributed by atoms with Crippen LogP contribution < -0.4 is 19.9 Å². The third kappa shape index (κ3) is 5.15. The first-order valence-corrected chi connectivity index (χ1v) is 11.4. The Balaban J connectivity index is 1.88. The number of methoxy groups -OCH3 is 2. The smallest absolute Gasteiger partial charge is 0.348 e. The third-order valence-corrected chi connectivity index (χ3v) is 5.88. The van der Waals surface area contributed by atoms with Crippen LogP contribution in [0.25, 0.3) is 22.2 Å². The Morgan fingerprint density at radius 3 is 2.23 bits per heavy atom. The topological polar surface area (TPSA) is 62.6 Å². The number of rotatable bonds is 8. The van der Waals surface area contributed by atoms with Crippen LogP contribution in [0.15, 0.2) is 65.5 Å². The highest BCUT2D eigenvalue weighted by atomic mass is 16.5. The second-order valence-electron chi connectivity index (χ2n) is 8.50. The molecule has 0 radical (unpaired) electrons. The maximum Gasteiger partial charge on any atom is 0.348 e. The second kappa shape index (κ2) is 10.4. The molecule has 0 aliphatic rings. The summed E-state index contributed by atoms with van der Waals surface area (Å²) in [5, 5.41) is 0.797. The van der Waals surface area contributed by atoms with Crippen molar-refractivity contribution in [3.05, 3.63) is 82.3 Å². The zero-order chi connectivity index (χ0) is 24.9. The van der Waals surface area contributed by atoms with Gasteiger partial charge in [-0.1, -0.05) is 44.0 Å². The summed E-state index contributed by atoms with van der Waals surface area (Å²) in [6.45, 7) is 4.74. The monoisotopic (exact) mass is 468 g/mol. The van der Waals surface area contributed by atoms with E-state index < -0.39 is 0 Å². The summed E-state index contributed by atoms with van der Waals surface area (Å²) in [5.41, 5.74) is 3.93. The first kappa shape index (κ1) is 23.9. The maximum absolute atomic E-state index is 13.3. The van der Waals surface area contributed by atoms with E-state index in [0.29, 0.717) is 35.4 Å². The van der Waals surface area contributed by atoms with Crippen molar-refractivity contribution >= 4 is 10.9 Å². The minimum atomic E-state index is -0.348. The number of nitrogens with zero attached hydrogens (tertiary/aromatic N) is 2. The SMILES string of the molecule is C#CCOc1ccc2c(c1)c(-c1ccc(C(C)C)cc1)nc(=O)n2Cc1cc(OC)cc(OC)c1. The number of fused-ring (bicyclic) bond motifs is 1. The third-order valence-electron chi connectivity index (χ3n) is 5.88. The van der Waals surface area contributed by atoms with Crippen LogP contribution in [0.1, 0.15) is 30.9 Å². The molecule has 0 fully saturated rings. The summed E-state index contributed by atoms with van der Waals surface area (Å²) in [6.07, 6.45) is 5.37. The Morgan fingerprint density at radius 1 is 0.943 bits per heavy atom. The number of terminal acetylenes is 1. The molecule has 0 saturated carbocycles. The van der Waals surface area contributed by atoms with Crippen molar-refractivity contribution in [2.75, 3.05) is 20.8 Å². The lowest BCUT2D eigenvalue weighted by Crippen LogP contribution is -2.24. The molecule has 0 aliphatic heterocycles. The van der Waals surface area contributed by atoms with Crippen molar-refractivity contribution in [2.24, 2.45) is 0 Å². The summed E-state index contributed by atoms with van der Waals surface area (Å²) < 4.78 is 18.1. The summed E-state index contributed by atoms with van der Waals surface area (Å²) in [6, 6.07) is 19.3. The molecule has 0 spiro atoms. The van der Waals surface area contributed by atoms with Gasteiger partial charge in [0.15, 0.2) is 0 Å². The van der Waals surface area contributed by atoms with E-state index in [1.807, 2.05) is 42.5 Å². The zero-order valence-corrected chi connectivity index (χ0v) is 20.4. The van der Waals surface area contributed by atoms with E-state index in [0.717, 1.165) is 22.0 Å². The summed E-state index contributed by atoms with van der Waals surface area (Å²) in [5.74, 6) is 4.81. The van der Waals surface area contributed by atoms with Gasteiger partial charge in [0.2, 0.25) is 0 Å². The van der Waals surface area contributed by atoms with Crippen molar-refractivity contribution in [3.63, 3.8) is 0 Å². The van der Waals surface area contributed by atoms with Crippen LogP contribution in [0.4, 0.5) is 0 Å². The minimum Gasteiger partial charge on any atom is -0.497 e. The molecule has 6 heteroatoms. The highest BCUT2D eigenvalue weighted by Gasteiger charge is 2.15. The molecule has 0 atom stereocenters. The number of hydrogen-bond acceptors (Lipinski definition) is 5. The van der Waals surface area contributed by atoms with Crippen molar-refractivity contribution < 1.29 is 14.2 Å². The molecule has 0 saturated heterocycles. The van der Waals surface area contributed by atoms with Gasteiger partial charge >= 0.3 is 5.69 Å². The van der Waals surface area contributed by atoms with Crippen LogP contribution in [0, 0.1) is 12.3 Å². The molecule has 0 aliphatic carbocycles. The van der Waals surface area contributed by atoms with E-state index >= 15 is 0 Å². The predicted octanol–water partition coefficient (Wildman–Crippen LogP) is 5.26. The number of ether oxygens (including phenoxy) is 3. The van der Waals surface area contributed by atoms with Crippen LogP contribution in [-0.4, -0.2) is 30.4 Å². The molecule has 1 heterocycles. The molecule has 178 valence electrons. The van der Waals surface area contributed by atoms with E-state index in [2.05, 4.69) is 36.9 Å². The lowest BCUT2D eigenvalue weighted by atomic mass is 9.99. The second-order valence-corrected chi connectivity index (χ2v) is 8.50. The molecule has 1 aromatic heterocycles. The standard InChI is InChI=1S/C29H28N2O4/c1-6-13-35-23-11-12-27-26(17-23)28(22-9-7-21(8-10-22)19(2)3)30-29(32)31(27)18-20-14-24(33-4)16-25(15-20)34-5/h1,7-12,14-17,19H,13,18H2,2-5H3. The Labute approximate surface area is 205 Å². The lowest BCUT2D eigenvalue weighted by molar-refractivity contribution is 0.371. The molecule has 0 N–H and O–H groups in total. The van der Waals surface area contributed by atoms with Crippen LogP contribution in [0.5, 0.6) is 17.2 Å². The van der Waals surface area contributed by atoms with Gasteiger partial charge in [-0.15, -0.1) is 6.42 Å². The van der Waals surface area contributed by atoms with Gasteiger partial charge in [0, 0.05) is 17.0 Å². The van der Waals surface area contributed by atoms with Crippen LogP contribution in [0.3, 0.4) is 0 Å². The number of hydrogen-bond donors (Lipinski definition) is 0. The van der Waals surface area contributed by atoms with Crippen LogP contribution >= 0.6 is 0 Å². The molecule has 6 nitrogen and oxygen atoms in total. The molecular weight excluding hydrogens is 440 g/mol. The minimum absolute atomic E-state index is 0.153. The van der Waals surface area contributed by atoms with E-state index in [1.165, 1.54) is 5.56 Å². The molecule has 0 unspecified atom stereocenters. The molecule has 35 heavy (non-hydrogen) atoms. The number of benzene rings is 3. The molecule has 3 aromatic carbocycles. The Morgan fingerprint density at radius 2 is 1.63 bits per heavy atom. The normalized spacial score (nSPS) is 10.9. The summed E-state index contributed by atoms with van der Waals surface area (Å²) in [4.78, 5) is 17.8. The van der Waals surface area contributed by atoms with Gasteiger partial charge in [0.1, 0.15) is 23.9 Å². The molecule has 0 amide bonds. The van der Waals surface area contributed by atoms with Gasteiger partial charge in [0.05, 0.1) is 32.0 Å². The first-order valence-electron chi connectivity index (χ1n) is 11.4. The van der Waals surface area contributed by atoms with Crippen molar-refractivity contribution in [1.82, 2.24) is 9.55 Å². The van der Waals surface area contributed by atoms with Crippen LogP contribution in [-0.2, 0) is 6.54 Å². The van der Waals surface area contributed by atoms with Gasteiger partial charge in [-0.3, -0.25) is 4.57 Å². The highest BCUT2D eigenvalue weighted by molar-refractivity contribution is 5.93. The van der Waals surface area contributed by atoms with Crippen molar-refractivity contribution in [3.8, 4) is 40.8 Å². The van der Waals surface area contributed by atoms with Crippen molar-refractivity contribution in [1.29, 1.82) is 0 Å². The fraction of sp³-hybridized carbons (Fsp3) is 0.241.